The van der Waals surface area contributed by atoms with Crippen LogP contribution < -0.4 is 10.6 Å². The Morgan fingerprint density at radius 3 is 2.76 bits per heavy atom. The number of benzene rings is 1. The highest BCUT2D eigenvalue weighted by atomic mass is 16.5. The molecule has 0 aliphatic rings. The van der Waals surface area contributed by atoms with Crippen LogP contribution in [0.25, 0.3) is 0 Å². The van der Waals surface area contributed by atoms with Gasteiger partial charge in [0.25, 0.3) is 5.91 Å². The van der Waals surface area contributed by atoms with Gasteiger partial charge in [0.1, 0.15) is 0 Å². The van der Waals surface area contributed by atoms with Gasteiger partial charge in [0.15, 0.2) is 0 Å². The largest absolute Gasteiger partial charge is 0.383 e. The number of carbonyl (C=O) groups excluding carboxylic acids is 1. The molecule has 0 saturated carbocycles. The van der Waals surface area contributed by atoms with Gasteiger partial charge in [-0.15, -0.1) is 0 Å². The van der Waals surface area contributed by atoms with Gasteiger partial charge in [0, 0.05) is 19.2 Å². The van der Waals surface area contributed by atoms with Crippen molar-refractivity contribution in [3.05, 3.63) is 35.4 Å². The van der Waals surface area contributed by atoms with Crippen LogP contribution in [0.15, 0.2) is 24.3 Å². The Hall–Kier alpha value is -1.39. The van der Waals surface area contributed by atoms with Gasteiger partial charge in [-0.1, -0.05) is 18.2 Å². The molecule has 0 heterocycles. The Kier molecular flexibility index (Phi) is 6.29. The van der Waals surface area contributed by atoms with Crippen LogP contribution in [0, 0.1) is 0 Å². The van der Waals surface area contributed by atoms with Crippen molar-refractivity contribution in [3.63, 3.8) is 0 Å². The second-order valence-corrected chi connectivity index (χ2v) is 3.76. The number of ether oxygens (including phenoxy) is 1. The van der Waals surface area contributed by atoms with E-state index < -0.39 is 0 Å². The van der Waals surface area contributed by atoms with Crippen LogP contribution in [0.2, 0.25) is 0 Å². The van der Waals surface area contributed by atoms with Crippen LogP contribution in [-0.2, 0) is 11.2 Å². The molecule has 0 saturated heterocycles. The molecule has 0 atom stereocenters. The van der Waals surface area contributed by atoms with E-state index in [0.29, 0.717) is 13.2 Å². The summed E-state index contributed by atoms with van der Waals surface area (Å²) in [5.41, 5.74) is 1.82. The van der Waals surface area contributed by atoms with Gasteiger partial charge < -0.3 is 15.4 Å². The Balaban J connectivity index is 2.64. The maximum Gasteiger partial charge on any atom is 0.251 e. The van der Waals surface area contributed by atoms with E-state index >= 15 is 0 Å². The number of likely N-dealkylation sites (N-methyl/N-ethyl adjacent to an activating group) is 1. The zero-order valence-electron chi connectivity index (χ0n) is 10.5. The molecule has 17 heavy (non-hydrogen) atoms. The van der Waals surface area contributed by atoms with E-state index in [9.17, 15) is 4.79 Å². The van der Waals surface area contributed by atoms with Crippen molar-refractivity contribution in [1.29, 1.82) is 0 Å². The predicted octanol–water partition coefficient (Wildman–Crippen LogP) is 0.825. The van der Waals surface area contributed by atoms with Gasteiger partial charge in [-0.05, 0) is 31.6 Å². The van der Waals surface area contributed by atoms with E-state index in [-0.39, 0.29) is 5.91 Å². The maximum atomic E-state index is 11.9. The zero-order valence-corrected chi connectivity index (χ0v) is 10.5. The van der Waals surface area contributed by atoms with Gasteiger partial charge in [-0.3, -0.25) is 4.79 Å². The molecule has 4 heteroatoms. The van der Waals surface area contributed by atoms with Crippen molar-refractivity contribution in [2.45, 2.75) is 6.42 Å². The molecule has 1 aromatic carbocycles. The molecule has 0 radical (unpaired) electrons. The standard InChI is InChI=1S/C13H20N2O2/c1-14-8-7-11-5-3-4-6-12(11)13(16)15-9-10-17-2/h3-6,14H,7-10H2,1-2H3,(H,15,16). The number of rotatable bonds is 7. The highest BCUT2D eigenvalue weighted by molar-refractivity contribution is 5.95. The molecule has 4 nitrogen and oxygen atoms in total. The third-order valence-electron chi connectivity index (χ3n) is 2.50. The summed E-state index contributed by atoms with van der Waals surface area (Å²) in [6, 6.07) is 7.68. The molecule has 0 aliphatic heterocycles. The van der Waals surface area contributed by atoms with Crippen LogP contribution in [0.3, 0.4) is 0 Å². The molecule has 0 bridgehead atoms. The third-order valence-corrected chi connectivity index (χ3v) is 2.50. The molecule has 1 aromatic rings. The lowest BCUT2D eigenvalue weighted by molar-refractivity contribution is 0.0936. The van der Waals surface area contributed by atoms with Crippen LogP contribution in [0.5, 0.6) is 0 Å². The first-order chi connectivity index (χ1) is 8.29. The summed E-state index contributed by atoms with van der Waals surface area (Å²) in [5.74, 6) is -0.0336. The number of amides is 1. The minimum atomic E-state index is -0.0336. The van der Waals surface area contributed by atoms with E-state index in [1.165, 1.54) is 0 Å². The van der Waals surface area contributed by atoms with Crippen LogP contribution >= 0.6 is 0 Å². The smallest absolute Gasteiger partial charge is 0.251 e. The average Bonchev–Trinajstić information content (AvgIpc) is 2.37. The minimum absolute atomic E-state index is 0.0336. The molecule has 0 aromatic heterocycles. The molecule has 0 fully saturated rings. The van der Waals surface area contributed by atoms with Crippen molar-refractivity contribution in [2.75, 3.05) is 33.9 Å². The predicted molar refractivity (Wildman–Crippen MR) is 68.3 cm³/mol. The molecule has 0 spiro atoms. The van der Waals surface area contributed by atoms with Gasteiger partial charge in [-0.2, -0.15) is 0 Å². The van der Waals surface area contributed by atoms with E-state index in [4.69, 9.17) is 4.74 Å². The molecular formula is C13H20N2O2. The van der Waals surface area contributed by atoms with E-state index in [1.54, 1.807) is 7.11 Å². The number of hydrogen-bond acceptors (Lipinski definition) is 3. The number of hydrogen-bond donors (Lipinski definition) is 2. The number of nitrogens with one attached hydrogen (secondary N) is 2. The van der Waals surface area contributed by atoms with Crippen molar-refractivity contribution in [1.82, 2.24) is 10.6 Å². The lowest BCUT2D eigenvalue weighted by Crippen LogP contribution is -2.28. The highest BCUT2D eigenvalue weighted by Gasteiger charge is 2.09. The Morgan fingerprint density at radius 1 is 1.29 bits per heavy atom. The first kappa shape index (κ1) is 13.7. The van der Waals surface area contributed by atoms with Crippen molar-refractivity contribution >= 4 is 5.91 Å². The van der Waals surface area contributed by atoms with Crippen LogP contribution in [0.4, 0.5) is 0 Å². The topological polar surface area (TPSA) is 50.4 Å². The lowest BCUT2D eigenvalue weighted by Gasteiger charge is -2.09. The zero-order chi connectivity index (χ0) is 12.5. The molecular weight excluding hydrogens is 216 g/mol. The van der Waals surface area contributed by atoms with Gasteiger partial charge in [0.2, 0.25) is 0 Å². The monoisotopic (exact) mass is 236 g/mol. The van der Waals surface area contributed by atoms with Crippen molar-refractivity contribution in [2.24, 2.45) is 0 Å². The summed E-state index contributed by atoms with van der Waals surface area (Å²) >= 11 is 0. The van der Waals surface area contributed by atoms with Gasteiger partial charge in [0.05, 0.1) is 6.61 Å². The normalized spacial score (nSPS) is 10.2. The van der Waals surface area contributed by atoms with Crippen LogP contribution in [0.1, 0.15) is 15.9 Å². The fourth-order valence-electron chi connectivity index (χ4n) is 1.58. The summed E-state index contributed by atoms with van der Waals surface area (Å²) in [7, 11) is 3.52. The first-order valence-corrected chi connectivity index (χ1v) is 5.79. The summed E-state index contributed by atoms with van der Waals surface area (Å²) in [4.78, 5) is 11.9. The fourth-order valence-corrected chi connectivity index (χ4v) is 1.58. The second kappa shape index (κ2) is 7.81. The average molecular weight is 236 g/mol. The highest BCUT2D eigenvalue weighted by Crippen LogP contribution is 2.09. The summed E-state index contributed by atoms with van der Waals surface area (Å²) in [6.07, 6.45) is 0.852. The summed E-state index contributed by atoms with van der Waals surface area (Å²) in [6.45, 7) is 1.93. The molecule has 1 amide bonds. The Labute approximate surface area is 102 Å². The van der Waals surface area contributed by atoms with E-state index in [2.05, 4.69) is 10.6 Å². The third kappa shape index (κ3) is 4.54. The molecule has 2 N–H and O–H groups in total. The quantitative estimate of drug-likeness (QED) is 0.689. The molecule has 94 valence electrons. The Morgan fingerprint density at radius 2 is 2.06 bits per heavy atom. The number of carbonyl (C=O) groups is 1. The SMILES string of the molecule is CNCCc1ccccc1C(=O)NCCOC. The summed E-state index contributed by atoms with van der Waals surface area (Å²) in [5, 5.41) is 5.92. The maximum absolute atomic E-state index is 11.9. The molecule has 0 unspecified atom stereocenters. The minimum Gasteiger partial charge on any atom is -0.383 e. The first-order valence-electron chi connectivity index (χ1n) is 5.79. The Bertz CT molecular complexity index is 353. The summed E-state index contributed by atoms with van der Waals surface area (Å²) < 4.78 is 4.90. The number of methoxy groups -OCH3 is 1. The van der Waals surface area contributed by atoms with Crippen molar-refractivity contribution < 1.29 is 9.53 Å². The van der Waals surface area contributed by atoms with Gasteiger partial charge in [-0.25, -0.2) is 0 Å². The van der Waals surface area contributed by atoms with Gasteiger partial charge >= 0.3 is 0 Å². The molecule has 1 rings (SSSR count). The fraction of sp³-hybridized carbons (Fsp3) is 0.462. The van der Waals surface area contributed by atoms with Crippen molar-refractivity contribution in [3.8, 4) is 0 Å². The van der Waals surface area contributed by atoms with E-state index in [1.807, 2.05) is 31.3 Å². The van der Waals surface area contributed by atoms with E-state index in [0.717, 1.165) is 24.1 Å². The lowest BCUT2D eigenvalue weighted by atomic mass is 10.0. The van der Waals surface area contributed by atoms with Crippen LogP contribution in [-0.4, -0.2) is 39.8 Å². The molecule has 0 aliphatic carbocycles. The second-order valence-electron chi connectivity index (χ2n) is 3.76.